The van der Waals surface area contributed by atoms with E-state index < -0.39 is 0 Å². The van der Waals surface area contributed by atoms with Gasteiger partial charge in [0.1, 0.15) is 0 Å². The molecule has 0 aliphatic rings. The summed E-state index contributed by atoms with van der Waals surface area (Å²) < 4.78 is 0. The minimum atomic E-state index is 0.160. The second kappa shape index (κ2) is 6.35. The van der Waals surface area contributed by atoms with Gasteiger partial charge in [0.2, 0.25) is 0 Å². The number of terminal acetylenes is 1. The maximum Gasteiger partial charge on any atom is 0.0660 e. The van der Waals surface area contributed by atoms with Gasteiger partial charge in [-0.25, -0.2) is 0 Å². The third kappa shape index (κ3) is 4.51. The highest BCUT2D eigenvalue weighted by Gasteiger charge is 2.04. The zero-order valence-electron chi connectivity index (χ0n) is 10.5. The van der Waals surface area contributed by atoms with Crippen molar-refractivity contribution in [2.24, 2.45) is 0 Å². The average Bonchev–Trinajstić information content (AvgIpc) is 2.26. The maximum atomic E-state index is 5.33. The van der Waals surface area contributed by atoms with Crippen LogP contribution in [0.15, 0.2) is 24.3 Å². The van der Waals surface area contributed by atoms with Crippen LogP contribution in [0.4, 0.5) is 0 Å². The van der Waals surface area contributed by atoms with E-state index in [-0.39, 0.29) is 6.04 Å². The van der Waals surface area contributed by atoms with Crippen molar-refractivity contribution in [2.45, 2.75) is 45.7 Å². The zero-order chi connectivity index (χ0) is 12.0. The first-order valence-corrected chi connectivity index (χ1v) is 5.89. The fraction of sp³-hybridized carbons (Fsp3) is 0.467. The molecule has 86 valence electrons. The Morgan fingerprint density at radius 1 is 1.38 bits per heavy atom. The summed E-state index contributed by atoms with van der Waals surface area (Å²) >= 11 is 0. The number of aryl methyl sites for hydroxylation is 2. The third-order valence-electron chi connectivity index (χ3n) is 2.73. The van der Waals surface area contributed by atoms with E-state index in [9.17, 15) is 0 Å². The predicted molar refractivity (Wildman–Crippen MR) is 70.4 cm³/mol. The van der Waals surface area contributed by atoms with Crippen molar-refractivity contribution in [1.29, 1.82) is 0 Å². The van der Waals surface area contributed by atoms with Crippen LogP contribution in [0, 0.1) is 19.3 Å². The van der Waals surface area contributed by atoms with Gasteiger partial charge in [0, 0.05) is 6.04 Å². The lowest BCUT2D eigenvalue weighted by atomic mass is 10.0. The van der Waals surface area contributed by atoms with E-state index in [0.717, 1.165) is 12.8 Å². The molecule has 1 aromatic rings. The Morgan fingerprint density at radius 3 is 2.75 bits per heavy atom. The molecule has 0 amide bonds. The SMILES string of the molecule is C#CC(C)NC(C)CCc1cccc(C)c1. The molecule has 0 radical (unpaired) electrons. The summed E-state index contributed by atoms with van der Waals surface area (Å²) in [5, 5.41) is 3.38. The second-order valence-electron chi connectivity index (χ2n) is 4.48. The Morgan fingerprint density at radius 2 is 2.12 bits per heavy atom. The van der Waals surface area contributed by atoms with Crippen molar-refractivity contribution >= 4 is 0 Å². The molecule has 1 aromatic carbocycles. The molecule has 0 aromatic heterocycles. The van der Waals surface area contributed by atoms with Crippen molar-refractivity contribution in [1.82, 2.24) is 5.32 Å². The molecule has 0 saturated carbocycles. The van der Waals surface area contributed by atoms with Crippen molar-refractivity contribution in [3.8, 4) is 12.3 Å². The predicted octanol–water partition coefficient (Wildman–Crippen LogP) is 2.93. The normalized spacial score (nSPS) is 14.1. The van der Waals surface area contributed by atoms with Crippen LogP contribution in [0.3, 0.4) is 0 Å². The van der Waals surface area contributed by atoms with Gasteiger partial charge in [-0.3, -0.25) is 0 Å². The molecule has 2 unspecified atom stereocenters. The Hall–Kier alpha value is -1.26. The molecular formula is C15H21N. The Bertz CT molecular complexity index is 362. The monoisotopic (exact) mass is 215 g/mol. The molecule has 0 heterocycles. The van der Waals surface area contributed by atoms with Gasteiger partial charge in [0.05, 0.1) is 6.04 Å². The molecule has 0 saturated heterocycles. The first-order valence-electron chi connectivity index (χ1n) is 5.89. The molecule has 0 bridgehead atoms. The number of hydrogen-bond acceptors (Lipinski definition) is 1. The molecule has 1 heteroatoms. The van der Waals surface area contributed by atoms with Gasteiger partial charge in [-0.15, -0.1) is 6.42 Å². The molecule has 16 heavy (non-hydrogen) atoms. The van der Waals surface area contributed by atoms with Crippen LogP contribution in [0.25, 0.3) is 0 Å². The molecule has 0 aliphatic carbocycles. The van der Waals surface area contributed by atoms with Gasteiger partial charge in [-0.2, -0.15) is 0 Å². The molecule has 2 atom stereocenters. The van der Waals surface area contributed by atoms with Crippen LogP contribution >= 0.6 is 0 Å². The lowest BCUT2D eigenvalue weighted by molar-refractivity contribution is 0.494. The fourth-order valence-electron chi connectivity index (χ4n) is 1.81. The average molecular weight is 215 g/mol. The quantitative estimate of drug-likeness (QED) is 0.745. The molecular weight excluding hydrogens is 194 g/mol. The lowest BCUT2D eigenvalue weighted by Crippen LogP contribution is -2.33. The Balaban J connectivity index is 2.37. The Labute approximate surface area is 99.3 Å². The van der Waals surface area contributed by atoms with Crippen LogP contribution in [0.2, 0.25) is 0 Å². The van der Waals surface area contributed by atoms with Gasteiger partial charge in [0.15, 0.2) is 0 Å². The fourth-order valence-corrected chi connectivity index (χ4v) is 1.81. The molecule has 0 aliphatic heterocycles. The first kappa shape index (κ1) is 12.8. The first-order chi connectivity index (χ1) is 7.61. The van der Waals surface area contributed by atoms with Crippen LogP contribution in [-0.2, 0) is 6.42 Å². The van der Waals surface area contributed by atoms with E-state index in [0.29, 0.717) is 6.04 Å². The molecule has 1 rings (SSSR count). The largest absolute Gasteiger partial charge is 0.301 e. The molecule has 0 spiro atoms. The highest BCUT2D eigenvalue weighted by atomic mass is 14.9. The summed E-state index contributed by atoms with van der Waals surface area (Å²) in [5.74, 6) is 2.69. The van der Waals surface area contributed by atoms with Crippen LogP contribution < -0.4 is 5.32 Å². The minimum Gasteiger partial charge on any atom is -0.301 e. The smallest absolute Gasteiger partial charge is 0.0660 e. The van der Waals surface area contributed by atoms with Gasteiger partial charge >= 0.3 is 0 Å². The van der Waals surface area contributed by atoms with Gasteiger partial charge in [0.25, 0.3) is 0 Å². The summed E-state index contributed by atoms with van der Waals surface area (Å²) in [6, 6.07) is 9.30. The summed E-state index contributed by atoms with van der Waals surface area (Å²) in [5.41, 5.74) is 2.73. The maximum absolute atomic E-state index is 5.33. The van der Waals surface area contributed by atoms with E-state index >= 15 is 0 Å². The van der Waals surface area contributed by atoms with Gasteiger partial charge in [-0.1, -0.05) is 35.7 Å². The van der Waals surface area contributed by atoms with Crippen LogP contribution in [-0.4, -0.2) is 12.1 Å². The van der Waals surface area contributed by atoms with Crippen molar-refractivity contribution in [3.05, 3.63) is 35.4 Å². The highest BCUT2D eigenvalue weighted by Crippen LogP contribution is 2.08. The van der Waals surface area contributed by atoms with E-state index in [1.807, 2.05) is 6.92 Å². The van der Waals surface area contributed by atoms with Crippen LogP contribution in [0.1, 0.15) is 31.4 Å². The van der Waals surface area contributed by atoms with Crippen molar-refractivity contribution in [3.63, 3.8) is 0 Å². The minimum absolute atomic E-state index is 0.160. The number of hydrogen-bond donors (Lipinski definition) is 1. The number of nitrogens with one attached hydrogen (secondary N) is 1. The summed E-state index contributed by atoms with van der Waals surface area (Å²) in [4.78, 5) is 0. The lowest BCUT2D eigenvalue weighted by Gasteiger charge is -2.16. The summed E-state index contributed by atoms with van der Waals surface area (Å²) in [6.07, 6.45) is 7.56. The van der Waals surface area contributed by atoms with Gasteiger partial charge in [-0.05, 0) is 39.2 Å². The van der Waals surface area contributed by atoms with Crippen LogP contribution in [0.5, 0.6) is 0 Å². The molecule has 0 fully saturated rings. The second-order valence-corrected chi connectivity index (χ2v) is 4.48. The number of benzene rings is 1. The van der Waals surface area contributed by atoms with E-state index in [2.05, 4.69) is 49.4 Å². The summed E-state index contributed by atoms with van der Waals surface area (Å²) in [7, 11) is 0. The van der Waals surface area contributed by atoms with Gasteiger partial charge < -0.3 is 5.32 Å². The van der Waals surface area contributed by atoms with E-state index in [1.165, 1.54) is 11.1 Å². The topological polar surface area (TPSA) is 12.0 Å². The Kier molecular flexibility index (Phi) is 5.08. The standard InChI is InChI=1S/C15H21N/c1-5-13(3)16-14(4)9-10-15-8-6-7-12(2)11-15/h1,6-8,11,13-14,16H,9-10H2,2-4H3. The van der Waals surface area contributed by atoms with E-state index in [1.54, 1.807) is 0 Å². The van der Waals surface area contributed by atoms with Crippen molar-refractivity contribution < 1.29 is 0 Å². The third-order valence-corrected chi connectivity index (χ3v) is 2.73. The zero-order valence-corrected chi connectivity index (χ0v) is 10.5. The number of rotatable bonds is 5. The summed E-state index contributed by atoms with van der Waals surface area (Å²) in [6.45, 7) is 6.33. The van der Waals surface area contributed by atoms with Crippen molar-refractivity contribution in [2.75, 3.05) is 0 Å². The van der Waals surface area contributed by atoms with E-state index in [4.69, 9.17) is 6.42 Å². The molecule has 1 nitrogen and oxygen atoms in total. The molecule has 1 N–H and O–H groups in total. The highest BCUT2D eigenvalue weighted by molar-refractivity contribution is 5.22.